The SMILES string of the molecule is COC(=O)c1ccc(Nc2nncc(Nc3ccc4c(c3)OCO4)n2)cc1. The monoisotopic (exact) mass is 365 g/mol. The lowest BCUT2D eigenvalue weighted by Crippen LogP contribution is -2.03. The minimum absolute atomic E-state index is 0.219. The van der Waals surface area contributed by atoms with Crippen molar-refractivity contribution in [1.29, 1.82) is 0 Å². The number of rotatable bonds is 5. The molecular weight excluding hydrogens is 350 g/mol. The first kappa shape index (κ1) is 16.6. The van der Waals surface area contributed by atoms with Crippen LogP contribution in [0.15, 0.2) is 48.7 Å². The molecule has 0 fully saturated rings. The second-order valence-corrected chi connectivity index (χ2v) is 5.55. The number of esters is 1. The number of methoxy groups -OCH3 is 1. The maximum atomic E-state index is 11.5. The Labute approximate surface area is 154 Å². The van der Waals surface area contributed by atoms with Crippen LogP contribution in [0.25, 0.3) is 0 Å². The van der Waals surface area contributed by atoms with Crippen molar-refractivity contribution >= 4 is 29.1 Å². The fourth-order valence-corrected chi connectivity index (χ4v) is 2.48. The first-order valence-electron chi connectivity index (χ1n) is 8.03. The van der Waals surface area contributed by atoms with Crippen molar-refractivity contribution in [3.05, 3.63) is 54.2 Å². The number of ether oxygens (including phenoxy) is 3. The molecule has 27 heavy (non-hydrogen) atoms. The number of carbonyl (C=O) groups is 1. The number of nitrogens with zero attached hydrogens (tertiary/aromatic N) is 3. The summed E-state index contributed by atoms with van der Waals surface area (Å²) in [4.78, 5) is 15.8. The number of aromatic nitrogens is 3. The van der Waals surface area contributed by atoms with Crippen LogP contribution >= 0.6 is 0 Å². The predicted octanol–water partition coefficient (Wildman–Crippen LogP) is 2.87. The second kappa shape index (κ2) is 7.16. The molecule has 9 nitrogen and oxygen atoms in total. The van der Waals surface area contributed by atoms with Gasteiger partial charge in [0.1, 0.15) is 0 Å². The maximum absolute atomic E-state index is 11.5. The molecule has 136 valence electrons. The molecule has 0 aliphatic carbocycles. The van der Waals surface area contributed by atoms with Crippen molar-refractivity contribution in [3.8, 4) is 11.5 Å². The Balaban J connectivity index is 1.47. The summed E-state index contributed by atoms with van der Waals surface area (Å²) in [6.07, 6.45) is 1.51. The Kier molecular flexibility index (Phi) is 4.40. The van der Waals surface area contributed by atoms with Gasteiger partial charge in [-0.15, -0.1) is 5.10 Å². The summed E-state index contributed by atoms with van der Waals surface area (Å²) in [6.45, 7) is 0.219. The summed E-state index contributed by atoms with van der Waals surface area (Å²) in [5.74, 6) is 1.81. The summed E-state index contributed by atoms with van der Waals surface area (Å²) in [7, 11) is 1.34. The van der Waals surface area contributed by atoms with Crippen LogP contribution in [0.3, 0.4) is 0 Å². The van der Waals surface area contributed by atoms with Gasteiger partial charge >= 0.3 is 5.97 Å². The first-order valence-corrected chi connectivity index (χ1v) is 8.03. The number of anilines is 4. The van der Waals surface area contributed by atoms with Crippen LogP contribution in [0.2, 0.25) is 0 Å². The molecule has 0 radical (unpaired) electrons. The Morgan fingerprint density at radius 2 is 1.81 bits per heavy atom. The molecule has 0 unspecified atom stereocenters. The zero-order valence-corrected chi connectivity index (χ0v) is 14.3. The maximum Gasteiger partial charge on any atom is 0.337 e. The molecule has 0 saturated heterocycles. The van der Waals surface area contributed by atoms with Gasteiger partial charge in [0.05, 0.1) is 18.9 Å². The van der Waals surface area contributed by atoms with Gasteiger partial charge < -0.3 is 24.8 Å². The number of benzene rings is 2. The van der Waals surface area contributed by atoms with Crippen LogP contribution in [-0.4, -0.2) is 35.1 Å². The van der Waals surface area contributed by atoms with Crippen LogP contribution in [0, 0.1) is 0 Å². The van der Waals surface area contributed by atoms with Crippen molar-refractivity contribution in [2.75, 3.05) is 24.5 Å². The average molecular weight is 365 g/mol. The third-order valence-corrected chi connectivity index (χ3v) is 3.77. The molecule has 0 saturated carbocycles. The van der Waals surface area contributed by atoms with E-state index in [1.165, 1.54) is 13.3 Å². The van der Waals surface area contributed by atoms with Crippen LogP contribution in [0.5, 0.6) is 11.5 Å². The number of nitrogens with one attached hydrogen (secondary N) is 2. The Morgan fingerprint density at radius 1 is 1.04 bits per heavy atom. The van der Waals surface area contributed by atoms with Gasteiger partial charge in [0.25, 0.3) is 0 Å². The molecule has 0 bridgehead atoms. The van der Waals surface area contributed by atoms with E-state index in [9.17, 15) is 4.79 Å². The van der Waals surface area contributed by atoms with Crippen molar-refractivity contribution in [2.45, 2.75) is 0 Å². The molecule has 1 aromatic heterocycles. The highest BCUT2D eigenvalue weighted by Gasteiger charge is 2.13. The molecule has 1 aliphatic heterocycles. The van der Waals surface area contributed by atoms with E-state index in [4.69, 9.17) is 9.47 Å². The van der Waals surface area contributed by atoms with Gasteiger partial charge in [0.15, 0.2) is 17.3 Å². The van der Waals surface area contributed by atoms with Crippen molar-refractivity contribution in [2.24, 2.45) is 0 Å². The van der Waals surface area contributed by atoms with E-state index in [0.717, 1.165) is 5.69 Å². The highest BCUT2D eigenvalue weighted by atomic mass is 16.7. The molecule has 0 amide bonds. The third kappa shape index (κ3) is 3.71. The molecule has 1 aliphatic rings. The van der Waals surface area contributed by atoms with E-state index in [2.05, 4.69) is 30.6 Å². The summed E-state index contributed by atoms with van der Waals surface area (Å²) < 4.78 is 15.3. The molecule has 4 rings (SSSR count). The van der Waals surface area contributed by atoms with Gasteiger partial charge in [-0.1, -0.05) is 0 Å². The van der Waals surface area contributed by atoms with E-state index in [-0.39, 0.29) is 6.79 Å². The molecule has 2 heterocycles. The molecule has 3 aromatic rings. The van der Waals surface area contributed by atoms with Crippen LogP contribution in [-0.2, 0) is 4.74 Å². The standard InChI is InChI=1S/C18H15N5O4/c1-25-17(24)11-2-4-12(5-3-11)21-18-22-16(9-19-23-18)20-13-6-7-14-15(8-13)27-10-26-14/h2-9H,10H2,1H3,(H2,20,21,22,23). The zero-order valence-electron chi connectivity index (χ0n) is 14.3. The van der Waals surface area contributed by atoms with E-state index in [0.29, 0.717) is 34.5 Å². The Bertz CT molecular complexity index is 978. The van der Waals surface area contributed by atoms with E-state index >= 15 is 0 Å². The lowest BCUT2D eigenvalue weighted by molar-refractivity contribution is 0.0601. The van der Waals surface area contributed by atoms with Gasteiger partial charge in [0.2, 0.25) is 12.7 Å². The Morgan fingerprint density at radius 3 is 2.63 bits per heavy atom. The van der Waals surface area contributed by atoms with Gasteiger partial charge in [-0.3, -0.25) is 0 Å². The van der Waals surface area contributed by atoms with Gasteiger partial charge in [0, 0.05) is 17.4 Å². The first-order chi connectivity index (χ1) is 13.2. The number of hydrogen-bond acceptors (Lipinski definition) is 9. The minimum Gasteiger partial charge on any atom is -0.465 e. The Hall–Kier alpha value is -3.88. The lowest BCUT2D eigenvalue weighted by atomic mass is 10.2. The third-order valence-electron chi connectivity index (χ3n) is 3.77. The lowest BCUT2D eigenvalue weighted by Gasteiger charge is -2.08. The highest BCUT2D eigenvalue weighted by molar-refractivity contribution is 5.89. The van der Waals surface area contributed by atoms with Crippen molar-refractivity contribution in [3.63, 3.8) is 0 Å². The van der Waals surface area contributed by atoms with Crippen LogP contribution in [0.1, 0.15) is 10.4 Å². The van der Waals surface area contributed by atoms with Gasteiger partial charge in [-0.25, -0.2) is 4.79 Å². The normalized spacial score (nSPS) is 11.7. The molecule has 0 atom stereocenters. The average Bonchev–Trinajstić information content (AvgIpc) is 3.16. The van der Waals surface area contributed by atoms with Crippen molar-refractivity contribution in [1.82, 2.24) is 15.2 Å². The second-order valence-electron chi connectivity index (χ2n) is 5.55. The largest absolute Gasteiger partial charge is 0.465 e. The van der Waals surface area contributed by atoms with Crippen molar-refractivity contribution < 1.29 is 19.0 Å². The molecule has 2 aromatic carbocycles. The topological polar surface area (TPSA) is 107 Å². The minimum atomic E-state index is -0.394. The van der Waals surface area contributed by atoms with Crippen LogP contribution < -0.4 is 20.1 Å². The van der Waals surface area contributed by atoms with E-state index < -0.39 is 5.97 Å². The highest BCUT2D eigenvalue weighted by Crippen LogP contribution is 2.34. The fraction of sp³-hybridized carbons (Fsp3) is 0.111. The molecular formula is C18H15N5O4. The number of hydrogen-bond donors (Lipinski definition) is 2. The van der Waals surface area contributed by atoms with Gasteiger partial charge in [-0.05, 0) is 36.4 Å². The summed E-state index contributed by atoms with van der Waals surface area (Å²) >= 11 is 0. The molecule has 0 spiro atoms. The molecule has 2 N–H and O–H groups in total. The van der Waals surface area contributed by atoms with E-state index in [1.54, 1.807) is 24.3 Å². The van der Waals surface area contributed by atoms with Gasteiger partial charge in [-0.2, -0.15) is 10.1 Å². The fourth-order valence-electron chi connectivity index (χ4n) is 2.48. The number of carbonyl (C=O) groups excluding carboxylic acids is 1. The smallest absolute Gasteiger partial charge is 0.337 e. The van der Waals surface area contributed by atoms with Crippen LogP contribution in [0.4, 0.5) is 23.1 Å². The van der Waals surface area contributed by atoms with E-state index in [1.807, 2.05) is 18.2 Å². The summed E-state index contributed by atoms with van der Waals surface area (Å²) in [5.41, 5.74) is 1.96. The predicted molar refractivity (Wildman–Crippen MR) is 96.7 cm³/mol. The summed E-state index contributed by atoms with van der Waals surface area (Å²) in [6, 6.07) is 12.3. The molecule has 9 heteroatoms. The quantitative estimate of drug-likeness (QED) is 0.660. The summed E-state index contributed by atoms with van der Waals surface area (Å²) in [5, 5.41) is 14.1. The number of fused-ring (bicyclic) bond motifs is 1. The zero-order chi connectivity index (χ0) is 18.6.